The highest BCUT2D eigenvalue weighted by molar-refractivity contribution is 5.91. The molecule has 0 fully saturated rings. The van der Waals surface area contributed by atoms with E-state index < -0.39 is 0 Å². The van der Waals surface area contributed by atoms with E-state index in [-0.39, 0.29) is 11.9 Å². The molecule has 3 nitrogen and oxygen atoms in total. The second-order valence-electron chi connectivity index (χ2n) is 3.80. The van der Waals surface area contributed by atoms with Crippen LogP contribution in [0.15, 0.2) is 36.4 Å². The topological polar surface area (TPSA) is 55.1 Å². The van der Waals surface area contributed by atoms with E-state index in [1.165, 1.54) is 6.08 Å². The highest BCUT2D eigenvalue weighted by Gasteiger charge is 1.96. The van der Waals surface area contributed by atoms with Gasteiger partial charge in [-0.3, -0.25) is 4.79 Å². The lowest BCUT2D eigenvalue weighted by molar-refractivity contribution is -0.116. The summed E-state index contributed by atoms with van der Waals surface area (Å²) in [5.41, 5.74) is 6.59. The minimum Gasteiger partial charge on any atom is -0.352 e. The van der Waals surface area contributed by atoms with Crippen molar-refractivity contribution in [2.75, 3.05) is 6.54 Å². The predicted molar refractivity (Wildman–Crippen MR) is 66.8 cm³/mol. The smallest absolute Gasteiger partial charge is 0.243 e. The zero-order valence-electron chi connectivity index (χ0n) is 9.52. The molecule has 0 aliphatic rings. The van der Waals surface area contributed by atoms with Gasteiger partial charge >= 0.3 is 0 Å². The first-order valence-corrected chi connectivity index (χ1v) is 5.45. The molecule has 16 heavy (non-hydrogen) atoms. The zero-order valence-corrected chi connectivity index (χ0v) is 9.52. The van der Waals surface area contributed by atoms with E-state index in [0.29, 0.717) is 6.54 Å². The Balaban J connectivity index is 2.32. The SMILES string of the molecule is CC(N)CCNC(=O)C=Cc1ccccc1. The first-order valence-electron chi connectivity index (χ1n) is 5.45. The molecule has 0 aliphatic carbocycles. The lowest BCUT2D eigenvalue weighted by atomic mass is 10.2. The Bertz CT molecular complexity index is 344. The Kier molecular flexibility index (Phi) is 5.29. The molecule has 1 atom stereocenters. The van der Waals surface area contributed by atoms with Crippen molar-refractivity contribution in [1.82, 2.24) is 5.32 Å². The second kappa shape index (κ2) is 6.80. The summed E-state index contributed by atoms with van der Waals surface area (Å²) < 4.78 is 0. The van der Waals surface area contributed by atoms with E-state index in [2.05, 4.69) is 5.32 Å². The van der Waals surface area contributed by atoms with Gasteiger partial charge < -0.3 is 11.1 Å². The standard InChI is InChI=1S/C13H18N2O/c1-11(14)9-10-15-13(16)8-7-12-5-3-2-4-6-12/h2-8,11H,9-10,14H2,1H3,(H,15,16). The fraction of sp³-hybridized carbons (Fsp3) is 0.308. The summed E-state index contributed by atoms with van der Waals surface area (Å²) in [5, 5.41) is 2.78. The van der Waals surface area contributed by atoms with Crippen LogP contribution in [0, 0.1) is 0 Å². The third kappa shape index (κ3) is 5.32. The predicted octanol–water partition coefficient (Wildman–Crippen LogP) is 1.55. The van der Waals surface area contributed by atoms with Crippen molar-refractivity contribution >= 4 is 12.0 Å². The number of hydrogen-bond donors (Lipinski definition) is 2. The molecule has 0 spiro atoms. The van der Waals surface area contributed by atoms with Crippen LogP contribution in [-0.4, -0.2) is 18.5 Å². The average molecular weight is 218 g/mol. The maximum absolute atomic E-state index is 11.4. The molecule has 0 radical (unpaired) electrons. The molecule has 3 N–H and O–H groups in total. The molecule has 0 saturated heterocycles. The number of carbonyl (C=O) groups excluding carboxylic acids is 1. The van der Waals surface area contributed by atoms with E-state index in [1.807, 2.05) is 37.3 Å². The third-order valence-electron chi connectivity index (χ3n) is 2.13. The lowest BCUT2D eigenvalue weighted by Crippen LogP contribution is -2.27. The van der Waals surface area contributed by atoms with Crippen molar-refractivity contribution in [3.8, 4) is 0 Å². The zero-order chi connectivity index (χ0) is 11.8. The van der Waals surface area contributed by atoms with E-state index in [1.54, 1.807) is 6.08 Å². The molecule has 1 aromatic rings. The first-order chi connectivity index (χ1) is 7.68. The molecule has 0 aromatic heterocycles. The molecule has 3 heteroatoms. The fourth-order valence-corrected chi connectivity index (χ4v) is 1.22. The van der Waals surface area contributed by atoms with Gasteiger partial charge in [-0.25, -0.2) is 0 Å². The normalized spacial score (nSPS) is 12.6. The van der Waals surface area contributed by atoms with E-state index in [9.17, 15) is 4.79 Å². The summed E-state index contributed by atoms with van der Waals surface area (Å²) in [4.78, 5) is 11.4. The molecule has 0 aliphatic heterocycles. The van der Waals surface area contributed by atoms with Crippen molar-refractivity contribution in [3.05, 3.63) is 42.0 Å². The Labute approximate surface area is 96.3 Å². The fourth-order valence-electron chi connectivity index (χ4n) is 1.22. The van der Waals surface area contributed by atoms with E-state index in [0.717, 1.165) is 12.0 Å². The molecule has 1 unspecified atom stereocenters. The first kappa shape index (κ1) is 12.5. The van der Waals surface area contributed by atoms with Crippen LogP contribution in [0.5, 0.6) is 0 Å². The number of amides is 1. The molecule has 0 heterocycles. The van der Waals surface area contributed by atoms with Gasteiger partial charge in [0.05, 0.1) is 0 Å². The van der Waals surface area contributed by atoms with Crippen molar-refractivity contribution in [2.45, 2.75) is 19.4 Å². The summed E-state index contributed by atoms with van der Waals surface area (Å²) in [6.07, 6.45) is 4.13. The van der Waals surface area contributed by atoms with Gasteiger partial charge in [0, 0.05) is 18.7 Å². The quantitative estimate of drug-likeness (QED) is 0.737. The summed E-state index contributed by atoms with van der Waals surface area (Å²) in [6, 6.07) is 9.84. The third-order valence-corrected chi connectivity index (χ3v) is 2.13. The Morgan fingerprint density at radius 2 is 2.12 bits per heavy atom. The minimum atomic E-state index is -0.0792. The van der Waals surface area contributed by atoms with Crippen LogP contribution in [0.1, 0.15) is 18.9 Å². The van der Waals surface area contributed by atoms with Gasteiger partial charge in [-0.15, -0.1) is 0 Å². The van der Waals surface area contributed by atoms with Crippen molar-refractivity contribution in [3.63, 3.8) is 0 Å². The van der Waals surface area contributed by atoms with Crippen LogP contribution < -0.4 is 11.1 Å². The number of benzene rings is 1. The number of nitrogens with two attached hydrogens (primary N) is 1. The highest BCUT2D eigenvalue weighted by Crippen LogP contribution is 2.00. The second-order valence-corrected chi connectivity index (χ2v) is 3.80. The molecule has 0 bridgehead atoms. The monoisotopic (exact) mass is 218 g/mol. The average Bonchev–Trinajstić information content (AvgIpc) is 2.27. The van der Waals surface area contributed by atoms with E-state index in [4.69, 9.17) is 5.73 Å². The molecular weight excluding hydrogens is 200 g/mol. The molecular formula is C13H18N2O. The maximum Gasteiger partial charge on any atom is 0.243 e. The van der Waals surface area contributed by atoms with Gasteiger partial charge in [0.25, 0.3) is 0 Å². The Morgan fingerprint density at radius 3 is 2.75 bits per heavy atom. The van der Waals surface area contributed by atoms with Crippen molar-refractivity contribution < 1.29 is 4.79 Å². The summed E-state index contributed by atoms with van der Waals surface area (Å²) in [5.74, 6) is -0.0792. The molecule has 1 rings (SSSR count). The molecule has 1 aromatic carbocycles. The van der Waals surface area contributed by atoms with Crippen molar-refractivity contribution in [1.29, 1.82) is 0 Å². The molecule has 1 amide bonds. The number of carbonyl (C=O) groups is 1. The van der Waals surface area contributed by atoms with Crippen LogP contribution in [-0.2, 0) is 4.79 Å². The van der Waals surface area contributed by atoms with Crippen LogP contribution >= 0.6 is 0 Å². The van der Waals surface area contributed by atoms with Gasteiger partial charge in [-0.2, -0.15) is 0 Å². The maximum atomic E-state index is 11.4. The summed E-state index contributed by atoms with van der Waals surface area (Å²) in [6.45, 7) is 2.54. The highest BCUT2D eigenvalue weighted by atomic mass is 16.1. The number of hydrogen-bond acceptors (Lipinski definition) is 2. The number of nitrogens with one attached hydrogen (secondary N) is 1. The van der Waals surface area contributed by atoms with Crippen LogP contribution in [0.2, 0.25) is 0 Å². The molecule has 0 saturated carbocycles. The van der Waals surface area contributed by atoms with Gasteiger partial charge in [-0.1, -0.05) is 30.3 Å². The largest absolute Gasteiger partial charge is 0.352 e. The number of rotatable bonds is 5. The minimum absolute atomic E-state index is 0.0792. The van der Waals surface area contributed by atoms with Gasteiger partial charge in [0.2, 0.25) is 5.91 Å². The Hall–Kier alpha value is -1.61. The van der Waals surface area contributed by atoms with Crippen molar-refractivity contribution in [2.24, 2.45) is 5.73 Å². The molecule has 86 valence electrons. The van der Waals surface area contributed by atoms with Gasteiger partial charge in [0.1, 0.15) is 0 Å². The van der Waals surface area contributed by atoms with Gasteiger partial charge in [-0.05, 0) is 25.0 Å². The summed E-state index contributed by atoms with van der Waals surface area (Å²) >= 11 is 0. The van der Waals surface area contributed by atoms with E-state index >= 15 is 0 Å². The van der Waals surface area contributed by atoms with Crippen LogP contribution in [0.25, 0.3) is 6.08 Å². The van der Waals surface area contributed by atoms with Crippen LogP contribution in [0.4, 0.5) is 0 Å². The van der Waals surface area contributed by atoms with Gasteiger partial charge in [0.15, 0.2) is 0 Å². The lowest BCUT2D eigenvalue weighted by Gasteiger charge is -2.04. The van der Waals surface area contributed by atoms with Crippen LogP contribution in [0.3, 0.4) is 0 Å². The Morgan fingerprint density at radius 1 is 1.44 bits per heavy atom. The summed E-state index contributed by atoms with van der Waals surface area (Å²) in [7, 11) is 0.